The molecule has 2 aliphatic heterocycles. The molecule has 0 radical (unpaired) electrons. The van der Waals surface area contributed by atoms with Gasteiger partial charge in [0.1, 0.15) is 11.6 Å². The molecule has 3 aromatic rings. The lowest BCUT2D eigenvalue weighted by Crippen LogP contribution is -2.37. The van der Waals surface area contributed by atoms with Crippen LogP contribution in [0.5, 0.6) is 11.5 Å². The molecule has 6 rings (SSSR count). The second-order valence-electron chi connectivity index (χ2n) is 15.0. The number of anilines is 2. The number of unbranched alkanes of at least 4 members (excludes halogenated alkanes) is 1. The van der Waals surface area contributed by atoms with E-state index in [0.29, 0.717) is 74.8 Å². The summed E-state index contributed by atoms with van der Waals surface area (Å²) in [6.45, 7) is 10.0. The number of thioether (sulfide) groups is 1. The maximum atomic E-state index is 14.0. The molecule has 3 heterocycles. The molecule has 2 aromatic carbocycles. The quantitative estimate of drug-likeness (QED) is 0.0290. The lowest BCUT2D eigenvalue weighted by atomic mass is 10.0. The Morgan fingerprint density at radius 3 is 2.58 bits per heavy atom. The largest absolute Gasteiger partial charge is 0.493 e. The van der Waals surface area contributed by atoms with Gasteiger partial charge in [-0.1, -0.05) is 74.1 Å². The number of hydrogen-bond donors (Lipinski definition) is 4. The lowest BCUT2D eigenvalue weighted by Gasteiger charge is -2.16. The number of carbonyl (C=O) groups is 2. The van der Waals surface area contributed by atoms with Crippen molar-refractivity contribution in [2.75, 3.05) is 69.8 Å². The number of carbonyl (C=O) groups excluding carboxylic acids is 2. The minimum Gasteiger partial charge on any atom is -0.493 e. The van der Waals surface area contributed by atoms with Gasteiger partial charge in [0.05, 0.1) is 65.0 Å². The third kappa shape index (κ3) is 14.1. The van der Waals surface area contributed by atoms with Crippen molar-refractivity contribution in [1.82, 2.24) is 25.7 Å². The molecule has 0 bridgehead atoms. The van der Waals surface area contributed by atoms with Gasteiger partial charge in [-0.15, -0.1) is 0 Å². The van der Waals surface area contributed by atoms with Gasteiger partial charge in [-0.3, -0.25) is 4.79 Å². The van der Waals surface area contributed by atoms with Crippen molar-refractivity contribution >= 4 is 56.8 Å². The monoisotopic (exact) mass is 874 g/mol. The van der Waals surface area contributed by atoms with Gasteiger partial charge in [0.25, 0.3) is 0 Å². The first-order valence-corrected chi connectivity index (χ1v) is 24.5. The molecular weight excluding hydrogens is 812 g/mol. The van der Waals surface area contributed by atoms with Crippen LogP contribution in [-0.4, -0.2) is 104 Å². The second-order valence-corrected chi connectivity index (χ2v) is 18.9. The molecule has 2 fully saturated rings. The van der Waals surface area contributed by atoms with E-state index in [2.05, 4.69) is 42.0 Å². The smallest absolute Gasteiger partial charge is 0.315 e. The predicted octanol–water partition coefficient (Wildman–Crippen LogP) is 8.44. The molecule has 1 aromatic heterocycles. The summed E-state index contributed by atoms with van der Waals surface area (Å²) in [5.74, 6) is 5.45. The van der Waals surface area contributed by atoms with Gasteiger partial charge in [-0.05, 0) is 54.7 Å². The van der Waals surface area contributed by atoms with Crippen LogP contribution in [0.4, 0.5) is 20.7 Å². The van der Waals surface area contributed by atoms with Crippen LogP contribution in [0.1, 0.15) is 76.8 Å². The van der Waals surface area contributed by atoms with Crippen LogP contribution in [0.2, 0.25) is 0 Å². The maximum absolute atomic E-state index is 14.0. The Bertz CT molecular complexity index is 1790. The molecule has 0 spiro atoms. The molecule has 1 aliphatic carbocycles. The van der Waals surface area contributed by atoms with Crippen molar-refractivity contribution in [2.45, 2.75) is 96.0 Å². The minimum atomic E-state index is -0.315. The number of urea groups is 1. The highest BCUT2D eigenvalue weighted by Gasteiger charge is 2.42. The molecule has 2 saturated heterocycles. The van der Waals surface area contributed by atoms with Crippen molar-refractivity contribution in [1.29, 1.82) is 0 Å². The molecule has 4 N–H and O–H groups in total. The summed E-state index contributed by atoms with van der Waals surface area (Å²) in [5, 5.41) is 17.7. The summed E-state index contributed by atoms with van der Waals surface area (Å²) in [6.07, 6.45) is 8.46. The van der Waals surface area contributed by atoms with E-state index in [0.717, 1.165) is 64.2 Å². The van der Waals surface area contributed by atoms with Crippen molar-refractivity contribution in [3.8, 4) is 22.8 Å². The number of methoxy groups -OCH3 is 2. The van der Waals surface area contributed by atoms with Crippen LogP contribution in [0.15, 0.2) is 36.4 Å². The Hall–Kier alpha value is -3.31. The molecule has 3 aliphatic rings. The zero-order valence-corrected chi connectivity index (χ0v) is 37.7. The fourth-order valence-corrected chi connectivity index (χ4v) is 10.5. The van der Waals surface area contributed by atoms with Crippen molar-refractivity contribution < 1.29 is 32.9 Å². The summed E-state index contributed by atoms with van der Waals surface area (Å²) in [5.41, 5.74) is 4.61. The van der Waals surface area contributed by atoms with E-state index in [9.17, 15) is 14.0 Å². The van der Waals surface area contributed by atoms with E-state index in [1.54, 1.807) is 41.9 Å². The molecule has 16 heteroatoms. The average molecular weight is 875 g/mol. The second kappa shape index (κ2) is 24.8. The average Bonchev–Trinajstić information content (AvgIpc) is 3.98. The molecule has 3 amide bonds. The van der Waals surface area contributed by atoms with Crippen LogP contribution < -0.4 is 30.7 Å². The number of aromatic nitrogens is 2. The first-order chi connectivity index (χ1) is 28.7. The molecule has 4 atom stereocenters. The van der Waals surface area contributed by atoms with Crippen LogP contribution in [-0.2, 0) is 27.2 Å². The Balaban J connectivity index is 0.000000749. The lowest BCUT2D eigenvalue weighted by molar-refractivity contribution is -0.121. The Labute approximate surface area is 361 Å². The van der Waals surface area contributed by atoms with Gasteiger partial charge in [0.2, 0.25) is 5.91 Å². The zero-order valence-electron chi connectivity index (χ0n) is 35.2. The fourth-order valence-electron chi connectivity index (χ4n) is 7.23. The van der Waals surface area contributed by atoms with Crippen molar-refractivity contribution in [3.63, 3.8) is 0 Å². The summed E-state index contributed by atoms with van der Waals surface area (Å²) in [7, 11) is 6.69. The number of benzene rings is 2. The van der Waals surface area contributed by atoms with Crippen LogP contribution in [0.3, 0.4) is 0 Å². The minimum absolute atomic E-state index is 0.0745. The van der Waals surface area contributed by atoms with E-state index in [1.165, 1.54) is 37.8 Å². The normalized spacial score (nSPS) is 17.9. The first kappa shape index (κ1) is 46.8. The van der Waals surface area contributed by atoms with Crippen LogP contribution in [0, 0.1) is 11.7 Å². The van der Waals surface area contributed by atoms with Gasteiger partial charge >= 0.3 is 6.03 Å². The van der Waals surface area contributed by atoms with E-state index < -0.39 is 0 Å². The van der Waals surface area contributed by atoms with E-state index in [-0.39, 0.29) is 29.8 Å². The first-order valence-electron chi connectivity index (χ1n) is 21.0. The summed E-state index contributed by atoms with van der Waals surface area (Å²) in [4.78, 5) is 23.7. The topological polar surface area (TPSA) is 137 Å². The van der Waals surface area contributed by atoms with E-state index in [4.69, 9.17) is 24.0 Å². The van der Waals surface area contributed by atoms with Gasteiger partial charge in [-0.2, -0.15) is 16.9 Å². The number of ether oxygens (including phenoxy) is 4. The summed E-state index contributed by atoms with van der Waals surface area (Å²) >= 11 is 1.88. The zero-order chi connectivity index (χ0) is 42.0. The molecule has 0 saturated carbocycles. The molecular formula is C43H63FN6O6S3. The molecule has 326 valence electrons. The Morgan fingerprint density at radius 2 is 1.81 bits per heavy atom. The number of amides is 3. The molecule has 59 heavy (non-hydrogen) atoms. The highest BCUT2D eigenvalue weighted by Crippen LogP contribution is 2.45. The van der Waals surface area contributed by atoms with Crippen molar-refractivity contribution in [3.05, 3.63) is 53.3 Å². The van der Waals surface area contributed by atoms with E-state index >= 15 is 0 Å². The van der Waals surface area contributed by atoms with Crippen LogP contribution in [0.25, 0.3) is 11.3 Å². The highest BCUT2D eigenvalue weighted by atomic mass is 33.1. The Morgan fingerprint density at radius 1 is 1.03 bits per heavy atom. The van der Waals surface area contributed by atoms with Crippen molar-refractivity contribution in [2.24, 2.45) is 5.92 Å². The summed E-state index contributed by atoms with van der Waals surface area (Å²) < 4.78 is 38.5. The predicted molar refractivity (Wildman–Crippen MR) is 241 cm³/mol. The standard InChI is InChI=1S/C35H45FN6O6S3.C8H18/c1-45-28-18-22-17-26-32(25(22)20-29(28)46-2)41-42(34(26)38-24-6-3-5-23(36)19-24)10-11-47-12-13-48-14-16-51-50-15-9-37-31(43)8-4-7-30-33-27(21-49-30)39-35(44)40-33;1-4-6-7-8(3)5-2/h3,5-6,18-20,27,30,33,38H,4,7-17,21H2,1-2H3,(H,37,43)(H2,39,40,44);8H,4-7H2,1-3H3. The maximum Gasteiger partial charge on any atom is 0.315 e. The third-order valence-electron chi connectivity index (χ3n) is 10.7. The highest BCUT2D eigenvalue weighted by molar-refractivity contribution is 8.76. The third-order valence-corrected chi connectivity index (χ3v) is 14.5. The van der Waals surface area contributed by atoms with Gasteiger partial charge < -0.3 is 40.2 Å². The van der Waals surface area contributed by atoms with E-state index in [1.807, 2.05) is 34.6 Å². The van der Waals surface area contributed by atoms with Gasteiger partial charge in [0.15, 0.2) is 11.5 Å². The number of fused-ring (bicyclic) bond motifs is 4. The SMILES string of the molecule is CCCCC(C)CC.COc1cc2c(cc1OC)-c1nn(CCOCCOCCSSCCNC(=O)CCCC3SCC4NC(=O)NC43)c(Nc3cccc(F)c3)c1C2. The van der Waals surface area contributed by atoms with Crippen LogP contribution >= 0.6 is 33.3 Å². The molecule has 4 unspecified atom stereocenters. The summed E-state index contributed by atoms with van der Waals surface area (Å²) in [6, 6.07) is 10.7. The Kier molecular flexibility index (Phi) is 19.7. The number of halogens is 1. The fraction of sp³-hybridized carbons (Fsp3) is 0.605. The molecule has 12 nitrogen and oxygen atoms in total. The number of nitrogens with zero attached hydrogens (tertiary/aromatic N) is 2. The van der Waals surface area contributed by atoms with Gasteiger partial charge in [-0.25, -0.2) is 13.9 Å². The number of hydrogen-bond acceptors (Lipinski definition) is 11. The number of rotatable bonds is 25. The number of nitrogens with one attached hydrogen (secondary N) is 4. The van der Waals surface area contributed by atoms with Gasteiger partial charge in [0, 0.05) is 58.7 Å².